The van der Waals surface area contributed by atoms with Crippen LogP contribution in [0.1, 0.15) is 0 Å². The summed E-state index contributed by atoms with van der Waals surface area (Å²) in [5.74, 6) is -0.0676. The van der Waals surface area contributed by atoms with Crippen LogP contribution in [0, 0.1) is 0 Å². The summed E-state index contributed by atoms with van der Waals surface area (Å²) in [6, 6.07) is 3.73. The highest BCUT2D eigenvalue weighted by Gasteiger charge is 2.05. The second kappa shape index (κ2) is 3.93. The minimum Gasteiger partial charge on any atom is -0.369 e. The summed E-state index contributed by atoms with van der Waals surface area (Å²) >= 11 is 2.82. The van der Waals surface area contributed by atoms with Crippen LogP contribution in [0.3, 0.4) is 0 Å². The van der Waals surface area contributed by atoms with Crippen LogP contribution in [0.2, 0.25) is 0 Å². The van der Waals surface area contributed by atoms with E-state index in [1.165, 1.54) is 23.1 Å². The molecule has 6 heteroatoms. The minimum atomic E-state index is -0.331. The van der Waals surface area contributed by atoms with Crippen LogP contribution in [-0.4, -0.2) is 21.6 Å². The average molecular weight is 225 g/mol. The summed E-state index contributed by atoms with van der Waals surface area (Å²) < 4.78 is 0.831. The zero-order valence-electron chi connectivity index (χ0n) is 7.14. The molecule has 0 saturated carbocycles. The smallest absolute Gasteiger partial charge is 0.227 e. The summed E-state index contributed by atoms with van der Waals surface area (Å²) in [5, 5.41) is 0. The third kappa shape index (κ3) is 2.02. The Morgan fingerprint density at radius 3 is 3.21 bits per heavy atom. The van der Waals surface area contributed by atoms with E-state index in [9.17, 15) is 4.79 Å². The van der Waals surface area contributed by atoms with Crippen molar-refractivity contribution >= 4 is 39.4 Å². The standard InChI is InChI=1S/C8H7N3OS2/c9-6(12)4-13-8-11-5-2-1-3-10-7(5)14-8/h1-3H,4H2,(H2,9,12). The molecule has 4 nitrogen and oxygen atoms in total. The summed E-state index contributed by atoms with van der Waals surface area (Å²) in [6.07, 6.45) is 1.73. The normalized spacial score (nSPS) is 10.6. The van der Waals surface area contributed by atoms with E-state index in [0.717, 1.165) is 14.7 Å². The van der Waals surface area contributed by atoms with Crippen LogP contribution < -0.4 is 5.73 Å². The van der Waals surface area contributed by atoms with Crippen LogP contribution in [0.15, 0.2) is 22.7 Å². The van der Waals surface area contributed by atoms with Gasteiger partial charge in [-0.05, 0) is 12.1 Å². The molecule has 0 bridgehead atoms. The summed E-state index contributed by atoms with van der Waals surface area (Å²) in [6.45, 7) is 0. The third-order valence-electron chi connectivity index (χ3n) is 1.48. The van der Waals surface area contributed by atoms with Crippen LogP contribution >= 0.6 is 23.1 Å². The lowest BCUT2D eigenvalue weighted by Crippen LogP contribution is -2.12. The molecule has 0 unspecified atom stereocenters. The van der Waals surface area contributed by atoms with Gasteiger partial charge < -0.3 is 5.73 Å². The van der Waals surface area contributed by atoms with Gasteiger partial charge in [0.1, 0.15) is 10.3 Å². The first-order valence-electron chi connectivity index (χ1n) is 3.88. The molecule has 2 aromatic heterocycles. The number of primary amides is 1. The molecule has 0 spiro atoms. The molecule has 0 saturated heterocycles. The highest BCUT2D eigenvalue weighted by Crippen LogP contribution is 2.27. The van der Waals surface area contributed by atoms with Crippen molar-refractivity contribution in [3.05, 3.63) is 18.3 Å². The molecule has 2 N–H and O–H groups in total. The first-order chi connectivity index (χ1) is 6.75. The van der Waals surface area contributed by atoms with E-state index in [2.05, 4.69) is 9.97 Å². The lowest BCUT2D eigenvalue weighted by atomic mass is 10.5. The van der Waals surface area contributed by atoms with Crippen LogP contribution in [0.5, 0.6) is 0 Å². The lowest BCUT2D eigenvalue weighted by Gasteiger charge is -1.89. The number of thioether (sulfide) groups is 1. The Balaban J connectivity index is 2.22. The second-order valence-corrected chi connectivity index (χ2v) is 4.76. The van der Waals surface area contributed by atoms with Crippen molar-refractivity contribution in [1.29, 1.82) is 0 Å². The maximum Gasteiger partial charge on any atom is 0.227 e. The summed E-state index contributed by atoms with van der Waals surface area (Å²) in [4.78, 5) is 19.9. The van der Waals surface area contributed by atoms with E-state index in [1.807, 2.05) is 12.1 Å². The molecular formula is C8H7N3OS2. The number of fused-ring (bicyclic) bond motifs is 1. The molecule has 1 amide bonds. The predicted molar refractivity (Wildman–Crippen MR) is 57.3 cm³/mol. The fourth-order valence-corrected chi connectivity index (χ4v) is 2.66. The number of amides is 1. The van der Waals surface area contributed by atoms with Crippen molar-refractivity contribution in [2.45, 2.75) is 4.34 Å². The number of pyridine rings is 1. The van der Waals surface area contributed by atoms with Crippen molar-refractivity contribution in [1.82, 2.24) is 9.97 Å². The number of thiazole rings is 1. The topological polar surface area (TPSA) is 68.9 Å². The minimum absolute atomic E-state index is 0.264. The molecule has 0 aliphatic carbocycles. The van der Waals surface area contributed by atoms with Crippen molar-refractivity contribution in [3.63, 3.8) is 0 Å². The monoisotopic (exact) mass is 225 g/mol. The molecule has 0 fully saturated rings. The quantitative estimate of drug-likeness (QED) is 0.799. The van der Waals surface area contributed by atoms with Gasteiger partial charge in [-0.1, -0.05) is 23.1 Å². The highest BCUT2D eigenvalue weighted by atomic mass is 32.2. The van der Waals surface area contributed by atoms with Gasteiger partial charge in [-0.15, -0.1) is 0 Å². The van der Waals surface area contributed by atoms with Crippen molar-refractivity contribution in [2.24, 2.45) is 5.73 Å². The van der Waals surface area contributed by atoms with E-state index in [1.54, 1.807) is 6.20 Å². The fourth-order valence-electron chi connectivity index (χ4n) is 0.945. The molecule has 2 aromatic rings. The maximum atomic E-state index is 10.6. The van der Waals surface area contributed by atoms with Crippen molar-refractivity contribution in [3.8, 4) is 0 Å². The van der Waals surface area contributed by atoms with E-state index < -0.39 is 0 Å². The number of aromatic nitrogens is 2. The number of carbonyl (C=O) groups excluding carboxylic acids is 1. The molecular weight excluding hydrogens is 218 g/mol. The van der Waals surface area contributed by atoms with Gasteiger partial charge in [0.2, 0.25) is 5.91 Å². The molecule has 0 aliphatic heterocycles. The third-order valence-corrected chi connectivity index (χ3v) is 3.63. The van der Waals surface area contributed by atoms with Crippen molar-refractivity contribution < 1.29 is 4.79 Å². The zero-order chi connectivity index (χ0) is 9.97. The van der Waals surface area contributed by atoms with Crippen molar-refractivity contribution in [2.75, 3.05) is 5.75 Å². The number of hydrogen-bond donors (Lipinski definition) is 1. The van der Waals surface area contributed by atoms with E-state index in [-0.39, 0.29) is 11.7 Å². The first kappa shape index (κ1) is 9.42. The van der Waals surface area contributed by atoms with E-state index in [0.29, 0.717) is 0 Å². The van der Waals surface area contributed by atoms with Gasteiger partial charge in [-0.3, -0.25) is 4.79 Å². The molecule has 0 atom stereocenters. The molecule has 0 radical (unpaired) electrons. The van der Waals surface area contributed by atoms with Crippen LogP contribution in [0.25, 0.3) is 10.3 Å². The maximum absolute atomic E-state index is 10.6. The number of nitrogens with two attached hydrogens (primary N) is 1. The van der Waals surface area contributed by atoms with E-state index >= 15 is 0 Å². The predicted octanol–water partition coefficient (Wildman–Crippen LogP) is 1.27. The van der Waals surface area contributed by atoms with Gasteiger partial charge >= 0.3 is 0 Å². The largest absolute Gasteiger partial charge is 0.369 e. The Morgan fingerprint density at radius 1 is 1.64 bits per heavy atom. The molecule has 2 rings (SSSR count). The van der Waals surface area contributed by atoms with Gasteiger partial charge in [-0.25, -0.2) is 9.97 Å². The van der Waals surface area contributed by atoms with Gasteiger partial charge in [0, 0.05) is 6.20 Å². The molecule has 0 aromatic carbocycles. The molecule has 72 valence electrons. The average Bonchev–Trinajstić information content (AvgIpc) is 2.57. The van der Waals surface area contributed by atoms with Gasteiger partial charge in [0.25, 0.3) is 0 Å². The Labute approximate surface area is 88.5 Å². The van der Waals surface area contributed by atoms with Gasteiger partial charge in [0.05, 0.1) is 5.75 Å². The fraction of sp³-hybridized carbons (Fsp3) is 0.125. The number of nitrogens with zero attached hydrogens (tertiary/aromatic N) is 2. The highest BCUT2D eigenvalue weighted by molar-refractivity contribution is 8.01. The summed E-state index contributed by atoms with van der Waals surface area (Å²) in [5.41, 5.74) is 5.90. The number of hydrogen-bond acceptors (Lipinski definition) is 5. The van der Waals surface area contributed by atoms with Crippen LogP contribution in [-0.2, 0) is 4.79 Å². The Hall–Kier alpha value is -1.14. The lowest BCUT2D eigenvalue weighted by molar-refractivity contribution is -0.115. The Bertz CT molecular complexity index is 435. The summed E-state index contributed by atoms with van der Waals surface area (Å²) in [7, 11) is 0. The molecule has 0 aliphatic rings. The SMILES string of the molecule is NC(=O)CSc1nc2cccnc2s1. The number of rotatable bonds is 3. The second-order valence-electron chi connectivity index (χ2n) is 2.56. The Morgan fingerprint density at radius 2 is 2.50 bits per heavy atom. The van der Waals surface area contributed by atoms with Gasteiger partial charge in [-0.2, -0.15) is 0 Å². The molecule has 2 heterocycles. The first-order valence-corrected chi connectivity index (χ1v) is 5.68. The zero-order valence-corrected chi connectivity index (χ0v) is 8.77. The van der Waals surface area contributed by atoms with E-state index in [4.69, 9.17) is 5.73 Å². The van der Waals surface area contributed by atoms with Gasteiger partial charge in [0.15, 0.2) is 4.34 Å². The Kier molecular flexibility index (Phi) is 2.64. The molecule has 14 heavy (non-hydrogen) atoms. The van der Waals surface area contributed by atoms with Crippen LogP contribution in [0.4, 0.5) is 0 Å². The number of carbonyl (C=O) groups is 1.